The van der Waals surface area contributed by atoms with Gasteiger partial charge >= 0.3 is 6.09 Å². The first-order valence-electron chi connectivity index (χ1n) is 16.1. The third-order valence-electron chi connectivity index (χ3n) is 9.85. The van der Waals surface area contributed by atoms with E-state index >= 15 is 8.78 Å². The van der Waals surface area contributed by atoms with Gasteiger partial charge in [0, 0.05) is 37.7 Å². The molecule has 0 saturated carbocycles. The highest BCUT2D eigenvalue weighted by atomic mass is 19.1. The van der Waals surface area contributed by atoms with Crippen LogP contribution in [0.5, 0.6) is 6.01 Å². The molecular weight excluding hydrogens is 613 g/mol. The van der Waals surface area contributed by atoms with Crippen LogP contribution < -0.4 is 20.9 Å². The van der Waals surface area contributed by atoms with Crippen LogP contribution in [0.2, 0.25) is 0 Å². The molecule has 7 rings (SSSR count). The molecular formula is C34H37F3N6O4. The van der Waals surface area contributed by atoms with Crippen molar-refractivity contribution in [3.05, 3.63) is 64.1 Å². The second kappa shape index (κ2) is 12.4. The molecule has 3 aliphatic heterocycles. The van der Waals surface area contributed by atoms with Gasteiger partial charge in [-0.25, -0.2) is 18.0 Å². The molecule has 0 bridgehead atoms. The summed E-state index contributed by atoms with van der Waals surface area (Å²) < 4.78 is 57.3. The fourth-order valence-corrected chi connectivity index (χ4v) is 7.52. The summed E-state index contributed by atoms with van der Waals surface area (Å²) in [6.45, 7) is 4.60. The van der Waals surface area contributed by atoms with Gasteiger partial charge in [-0.2, -0.15) is 4.98 Å². The topological polar surface area (TPSA) is 121 Å². The lowest BCUT2D eigenvalue weighted by Crippen LogP contribution is -2.55. The van der Waals surface area contributed by atoms with Gasteiger partial charge in [0.25, 0.3) is 11.6 Å². The molecule has 0 unspecified atom stereocenters. The molecule has 47 heavy (non-hydrogen) atoms. The zero-order valence-electron chi connectivity index (χ0n) is 26.1. The summed E-state index contributed by atoms with van der Waals surface area (Å²) in [4.78, 5) is 38.7. The van der Waals surface area contributed by atoms with Crippen molar-refractivity contribution in [1.29, 1.82) is 0 Å². The molecule has 4 aromatic rings. The van der Waals surface area contributed by atoms with Crippen LogP contribution in [0.1, 0.15) is 44.6 Å². The molecule has 248 valence electrons. The smallest absolute Gasteiger partial charge is 0.407 e. The summed E-state index contributed by atoms with van der Waals surface area (Å²) in [6, 6.07) is 7.85. The summed E-state index contributed by atoms with van der Waals surface area (Å²) in [5.74, 6) is -1.40. The first kappa shape index (κ1) is 31.4. The Labute approximate surface area is 269 Å². The first-order valence-corrected chi connectivity index (χ1v) is 16.1. The van der Waals surface area contributed by atoms with Gasteiger partial charge < -0.3 is 20.1 Å². The van der Waals surface area contributed by atoms with Gasteiger partial charge in [0.2, 0.25) is 0 Å². The largest absolute Gasteiger partial charge is 0.463 e. The number of aromatic amines is 1. The number of ether oxygens (including phenoxy) is 2. The molecule has 0 spiro atoms. The van der Waals surface area contributed by atoms with Gasteiger partial charge in [0.05, 0.1) is 23.1 Å². The number of alkyl halides is 1. The third-order valence-corrected chi connectivity index (χ3v) is 9.85. The number of nitrogens with one attached hydrogen (secondary N) is 3. The molecule has 3 atom stereocenters. The van der Waals surface area contributed by atoms with Crippen LogP contribution in [0, 0.1) is 11.6 Å². The summed E-state index contributed by atoms with van der Waals surface area (Å²) in [6.07, 6.45) is 3.49. The Bertz CT molecular complexity index is 1900. The molecule has 10 nitrogen and oxygen atoms in total. The molecule has 2 aromatic carbocycles. The Hall–Kier alpha value is -4.23. The van der Waals surface area contributed by atoms with Crippen molar-refractivity contribution >= 4 is 27.8 Å². The molecule has 3 saturated heterocycles. The van der Waals surface area contributed by atoms with Crippen LogP contribution in [-0.2, 0) is 11.2 Å². The van der Waals surface area contributed by atoms with E-state index in [1.54, 1.807) is 24.3 Å². The number of carbonyl (C=O) groups is 1. The quantitative estimate of drug-likeness (QED) is 0.249. The lowest BCUT2D eigenvalue weighted by atomic mass is 9.93. The third kappa shape index (κ3) is 6.02. The minimum Gasteiger partial charge on any atom is -0.463 e. The van der Waals surface area contributed by atoms with Gasteiger partial charge in [0.1, 0.15) is 29.8 Å². The number of halogens is 3. The number of nitrogens with zero attached hydrogens (tertiary/aromatic N) is 3. The number of aromatic nitrogens is 3. The Morgan fingerprint density at radius 2 is 2.06 bits per heavy atom. The minimum absolute atomic E-state index is 0.0339. The number of hydrogen-bond donors (Lipinski definition) is 3. The average molecular weight is 651 g/mol. The van der Waals surface area contributed by atoms with E-state index in [9.17, 15) is 14.0 Å². The van der Waals surface area contributed by atoms with E-state index in [1.807, 2.05) is 6.92 Å². The molecule has 1 amide bonds. The fraction of sp³-hybridized carbons (Fsp3) is 0.471. The summed E-state index contributed by atoms with van der Waals surface area (Å²) in [5.41, 5.74) is -1.37. The minimum atomic E-state index is -0.949. The second-order valence-electron chi connectivity index (χ2n) is 13.2. The zero-order valence-corrected chi connectivity index (χ0v) is 26.1. The molecule has 0 aliphatic carbocycles. The van der Waals surface area contributed by atoms with Crippen LogP contribution in [0.3, 0.4) is 0 Å². The predicted molar refractivity (Wildman–Crippen MR) is 170 cm³/mol. The van der Waals surface area contributed by atoms with Crippen molar-refractivity contribution in [1.82, 2.24) is 30.5 Å². The molecule has 3 N–H and O–H groups in total. The van der Waals surface area contributed by atoms with E-state index in [0.717, 1.165) is 38.8 Å². The van der Waals surface area contributed by atoms with Crippen molar-refractivity contribution in [2.45, 2.75) is 62.7 Å². The maximum Gasteiger partial charge on any atom is 0.407 e. The number of fused-ring (bicyclic) bond motifs is 3. The number of H-pyrrole nitrogens is 1. The standard InChI is InChI=1S/C34H37F3N6O4/c1-33(10-3-12-38-18-33)42-32(45)46-14-9-22-25(36)8-7-20-5-2-6-23(26(20)22)28-27(37)29-24(16-39-28)30(44)41-31(40-29)47-19-34-11-4-13-43(34)17-21(35)15-34/h2,5-8,16,21,38H,3-4,9-15,17-19H2,1H3,(H,42,45)(H,40,41,44)/t21-,33-,34+/m1/s1. The van der Waals surface area contributed by atoms with Crippen molar-refractivity contribution in [2.75, 3.05) is 39.4 Å². The zero-order chi connectivity index (χ0) is 32.8. The highest BCUT2D eigenvalue weighted by Gasteiger charge is 2.49. The van der Waals surface area contributed by atoms with Gasteiger partial charge in [-0.05, 0) is 68.1 Å². The second-order valence-corrected chi connectivity index (χ2v) is 13.2. The van der Waals surface area contributed by atoms with Crippen molar-refractivity contribution < 1.29 is 27.4 Å². The Morgan fingerprint density at radius 3 is 2.89 bits per heavy atom. The summed E-state index contributed by atoms with van der Waals surface area (Å²) >= 11 is 0. The monoisotopic (exact) mass is 650 g/mol. The predicted octanol–water partition coefficient (Wildman–Crippen LogP) is 4.78. The summed E-state index contributed by atoms with van der Waals surface area (Å²) in [7, 11) is 0. The number of piperidine rings is 1. The van der Waals surface area contributed by atoms with Crippen LogP contribution in [-0.4, -0.2) is 82.6 Å². The number of benzene rings is 2. The van der Waals surface area contributed by atoms with Gasteiger partial charge in [-0.3, -0.25) is 19.7 Å². The van der Waals surface area contributed by atoms with Gasteiger partial charge in [-0.1, -0.05) is 24.3 Å². The van der Waals surface area contributed by atoms with Crippen LogP contribution in [0.15, 0.2) is 41.3 Å². The van der Waals surface area contributed by atoms with Crippen LogP contribution >= 0.6 is 0 Å². The maximum atomic E-state index is 16.3. The van der Waals surface area contributed by atoms with E-state index in [0.29, 0.717) is 35.8 Å². The number of amides is 1. The number of alkyl carbamates (subject to hydrolysis) is 1. The Kier molecular flexibility index (Phi) is 8.29. The average Bonchev–Trinajstić information content (AvgIpc) is 3.57. The van der Waals surface area contributed by atoms with E-state index in [1.165, 1.54) is 12.3 Å². The summed E-state index contributed by atoms with van der Waals surface area (Å²) in [5, 5.41) is 7.13. The Balaban J connectivity index is 1.17. The molecule has 2 aromatic heterocycles. The van der Waals surface area contributed by atoms with Crippen LogP contribution in [0.25, 0.3) is 32.9 Å². The Morgan fingerprint density at radius 1 is 1.19 bits per heavy atom. The van der Waals surface area contributed by atoms with E-state index in [4.69, 9.17) is 9.47 Å². The molecule has 13 heteroatoms. The molecule has 3 aliphatic rings. The molecule has 3 fully saturated rings. The number of rotatable bonds is 8. The van der Waals surface area contributed by atoms with E-state index < -0.39 is 40.5 Å². The lowest BCUT2D eigenvalue weighted by molar-refractivity contribution is 0.107. The van der Waals surface area contributed by atoms with Gasteiger partial charge in [0.15, 0.2) is 5.82 Å². The van der Waals surface area contributed by atoms with Crippen LogP contribution in [0.4, 0.5) is 18.0 Å². The number of hydrogen-bond acceptors (Lipinski definition) is 8. The number of carbonyl (C=O) groups excluding carboxylic acids is 1. The normalized spacial score (nSPS) is 24.5. The van der Waals surface area contributed by atoms with E-state index in [-0.39, 0.29) is 47.8 Å². The molecule has 0 radical (unpaired) electrons. The van der Waals surface area contributed by atoms with E-state index in [2.05, 4.69) is 30.5 Å². The highest BCUT2D eigenvalue weighted by Crippen LogP contribution is 2.40. The van der Waals surface area contributed by atoms with Crippen molar-refractivity contribution in [3.8, 4) is 17.3 Å². The first-order chi connectivity index (χ1) is 22.6. The highest BCUT2D eigenvalue weighted by molar-refractivity contribution is 5.99. The van der Waals surface area contributed by atoms with Crippen molar-refractivity contribution in [3.63, 3.8) is 0 Å². The van der Waals surface area contributed by atoms with Gasteiger partial charge in [-0.15, -0.1) is 0 Å². The SMILES string of the molecule is C[C@@]1(NC(=O)OCCc2c(F)ccc3cccc(-c4ncc5c(=O)[nH]c(OC[C@@]67CCCN6C[C@H](F)C7)nc5c4F)c23)CCCNC1. The number of pyridine rings is 1. The molecule has 5 heterocycles. The fourth-order valence-electron chi connectivity index (χ4n) is 7.52. The maximum absolute atomic E-state index is 16.3. The van der Waals surface area contributed by atoms with Crippen molar-refractivity contribution in [2.24, 2.45) is 0 Å². The lowest BCUT2D eigenvalue weighted by Gasteiger charge is -2.34.